The van der Waals surface area contributed by atoms with Crippen LogP contribution in [0.2, 0.25) is 0 Å². The summed E-state index contributed by atoms with van der Waals surface area (Å²) in [5, 5.41) is 18.5. The van der Waals surface area contributed by atoms with Crippen molar-refractivity contribution >= 4 is 5.91 Å². The monoisotopic (exact) mass is 222 g/mol. The van der Waals surface area contributed by atoms with Crippen LogP contribution in [0, 0.1) is 17.2 Å². The minimum atomic E-state index is -0.570. The summed E-state index contributed by atoms with van der Waals surface area (Å²) in [6, 6.07) is 2.36. The smallest absolute Gasteiger partial charge is 0.224 e. The van der Waals surface area contributed by atoms with Gasteiger partial charge in [-0.25, -0.2) is 0 Å². The summed E-state index contributed by atoms with van der Waals surface area (Å²) in [7, 11) is 0. The first kappa shape index (κ1) is 11.4. The van der Waals surface area contributed by atoms with E-state index in [0.717, 1.165) is 32.1 Å². The van der Waals surface area contributed by atoms with E-state index in [0.29, 0.717) is 13.0 Å². The van der Waals surface area contributed by atoms with E-state index in [9.17, 15) is 10.1 Å². The van der Waals surface area contributed by atoms with Gasteiger partial charge in [0.05, 0.1) is 6.07 Å². The van der Waals surface area contributed by atoms with Crippen LogP contribution in [-0.2, 0) is 4.79 Å². The molecule has 1 aliphatic heterocycles. The van der Waals surface area contributed by atoms with Crippen LogP contribution in [0.4, 0.5) is 0 Å². The molecule has 1 atom stereocenters. The van der Waals surface area contributed by atoms with E-state index in [4.69, 9.17) is 5.11 Å². The lowest BCUT2D eigenvalue weighted by molar-refractivity contribution is -0.132. The Morgan fingerprint density at radius 3 is 2.62 bits per heavy atom. The van der Waals surface area contributed by atoms with E-state index in [2.05, 4.69) is 6.07 Å². The van der Waals surface area contributed by atoms with E-state index in [1.165, 1.54) is 0 Å². The molecule has 1 amide bonds. The summed E-state index contributed by atoms with van der Waals surface area (Å²) < 4.78 is 0. The third kappa shape index (κ3) is 1.80. The lowest BCUT2D eigenvalue weighted by Gasteiger charge is -2.39. The first-order valence-electron chi connectivity index (χ1n) is 6.04. The highest BCUT2D eigenvalue weighted by Gasteiger charge is 2.45. The highest BCUT2D eigenvalue weighted by Crippen LogP contribution is 2.37. The molecule has 1 N–H and O–H groups in total. The zero-order chi connectivity index (χ0) is 11.6. The molecule has 1 saturated carbocycles. The van der Waals surface area contributed by atoms with Gasteiger partial charge in [-0.05, 0) is 12.8 Å². The number of carbonyl (C=O) groups excluding carboxylic acids is 1. The van der Waals surface area contributed by atoms with Gasteiger partial charge in [0.15, 0.2) is 0 Å². The zero-order valence-corrected chi connectivity index (χ0v) is 9.48. The largest absolute Gasteiger partial charge is 0.396 e. The number of amides is 1. The van der Waals surface area contributed by atoms with Crippen LogP contribution in [0.25, 0.3) is 0 Å². The highest BCUT2D eigenvalue weighted by molar-refractivity contribution is 5.80. The molecule has 2 rings (SSSR count). The van der Waals surface area contributed by atoms with Crippen LogP contribution in [0.15, 0.2) is 0 Å². The van der Waals surface area contributed by atoms with E-state index in [1.54, 1.807) is 4.90 Å². The quantitative estimate of drug-likeness (QED) is 0.759. The fourth-order valence-electron chi connectivity index (χ4n) is 2.90. The van der Waals surface area contributed by atoms with E-state index >= 15 is 0 Å². The molecule has 88 valence electrons. The van der Waals surface area contributed by atoms with Gasteiger partial charge in [0.1, 0.15) is 5.54 Å². The molecule has 2 fully saturated rings. The number of nitriles is 1. The SMILES string of the molecule is N#CC1(N2CC(CO)CC2=O)CCCCC1. The van der Waals surface area contributed by atoms with Crippen LogP contribution in [-0.4, -0.2) is 34.6 Å². The number of likely N-dealkylation sites (tertiary alicyclic amines) is 1. The van der Waals surface area contributed by atoms with Crippen molar-refractivity contribution in [2.75, 3.05) is 13.2 Å². The van der Waals surface area contributed by atoms with Crippen LogP contribution in [0.1, 0.15) is 38.5 Å². The molecular weight excluding hydrogens is 204 g/mol. The summed E-state index contributed by atoms with van der Waals surface area (Å²) in [5.41, 5.74) is -0.570. The second-order valence-electron chi connectivity index (χ2n) is 4.96. The first-order valence-corrected chi connectivity index (χ1v) is 6.04. The third-order valence-electron chi connectivity index (χ3n) is 3.87. The van der Waals surface area contributed by atoms with Gasteiger partial charge in [0.25, 0.3) is 0 Å². The molecule has 0 bridgehead atoms. The molecular formula is C12H18N2O2. The molecule has 0 aromatic carbocycles. The highest BCUT2D eigenvalue weighted by atomic mass is 16.3. The maximum atomic E-state index is 11.9. The Bertz CT molecular complexity index is 315. The molecule has 0 aromatic rings. The minimum absolute atomic E-state index is 0.0275. The number of hydrogen-bond donors (Lipinski definition) is 1. The minimum Gasteiger partial charge on any atom is -0.396 e. The second kappa shape index (κ2) is 4.42. The topological polar surface area (TPSA) is 64.3 Å². The number of aliphatic hydroxyl groups excluding tert-OH is 1. The summed E-state index contributed by atoms with van der Waals surface area (Å²) in [6.45, 7) is 0.604. The van der Waals surface area contributed by atoms with Crippen molar-refractivity contribution in [1.29, 1.82) is 5.26 Å². The molecule has 4 heteroatoms. The molecule has 16 heavy (non-hydrogen) atoms. The standard InChI is InChI=1S/C12H18N2O2/c13-9-12(4-2-1-3-5-12)14-7-10(8-15)6-11(14)16/h10,15H,1-8H2. The van der Waals surface area contributed by atoms with Gasteiger partial charge in [0.2, 0.25) is 5.91 Å². The van der Waals surface area contributed by atoms with Crippen molar-refractivity contribution in [2.45, 2.75) is 44.1 Å². The molecule has 0 spiro atoms. The van der Waals surface area contributed by atoms with Crippen molar-refractivity contribution in [2.24, 2.45) is 5.92 Å². The number of hydrogen-bond acceptors (Lipinski definition) is 3. The fourth-order valence-corrected chi connectivity index (χ4v) is 2.90. The molecule has 1 saturated heterocycles. The molecule has 4 nitrogen and oxygen atoms in total. The molecule has 0 radical (unpaired) electrons. The van der Waals surface area contributed by atoms with E-state index < -0.39 is 5.54 Å². The Morgan fingerprint density at radius 1 is 1.44 bits per heavy atom. The second-order valence-corrected chi connectivity index (χ2v) is 4.96. The Morgan fingerprint density at radius 2 is 2.12 bits per heavy atom. The van der Waals surface area contributed by atoms with Crippen molar-refractivity contribution < 1.29 is 9.90 Å². The van der Waals surface area contributed by atoms with E-state index in [-0.39, 0.29) is 18.4 Å². The lowest BCUT2D eigenvalue weighted by Crippen LogP contribution is -2.49. The predicted octanol–water partition coefficient (Wildman–Crippen LogP) is 1.05. The van der Waals surface area contributed by atoms with Gasteiger partial charge in [-0.3, -0.25) is 4.79 Å². The number of nitrogens with zero attached hydrogens (tertiary/aromatic N) is 2. The van der Waals surface area contributed by atoms with Gasteiger partial charge in [-0.15, -0.1) is 0 Å². The average molecular weight is 222 g/mol. The zero-order valence-electron chi connectivity index (χ0n) is 9.48. The van der Waals surface area contributed by atoms with Gasteiger partial charge in [-0.1, -0.05) is 19.3 Å². The van der Waals surface area contributed by atoms with Gasteiger partial charge in [-0.2, -0.15) is 5.26 Å². The first-order chi connectivity index (χ1) is 7.72. The molecule has 0 aromatic heterocycles. The number of rotatable bonds is 2. The third-order valence-corrected chi connectivity index (χ3v) is 3.87. The summed E-state index contributed by atoms with van der Waals surface area (Å²) in [6.07, 6.45) is 5.22. The van der Waals surface area contributed by atoms with E-state index in [1.807, 2.05) is 0 Å². The van der Waals surface area contributed by atoms with Crippen molar-refractivity contribution in [3.05, 3.63) is 0 Å². The van der Waals surface area contributed by atoms with Gasteiger partial charge >= 0.3 is 0 Å². The molecule has 2 aliphatic rings. The molecule has 1 aliphatic carbocycles. The van der Waals surface area contributed by atoms with Gasteiger partial charge in [0, 0.05) is 25.5 Å². The van der Waals surface area contributed by atoms with Crippen LogP contribution < -0.4 is 0 Å². The lowest BCUT2D eigenvalue weighted by atomic mass is 9.81. The van der Waals surface area contributed by atoms with Crippen LogP contribution in [0.5, 0.6) is 0 Å². The Balaban J connectivity index is 2.16. The Kier molecular flexibility index (Phi) is 3.15. The van der Waals surface area contributed by atoms with Crippen molar-refractivity contribution in [3.63, 3.8) is 0 Å². The summed E-state index contributed by atoms with van der Waals surface area (Å²) >= 11 is 0. The van der Waals surface area contributed by atoms with Crippen molar-refractivity contribution in [3.8, 4) is 6.07 Å². The summed E-state index contributed by atoms with van der Waals surface area (Å²) in [5.74, 6) is 0.0714. The fraction of sp³-hybridized carbons (Fsp3) is 0.833. The predicted molar refractivity (Wildman–Crippen MR) is 58.3 cm³/mol. The number of carbonyl (C=O) groups is 1. The van der Waals surface area contributed by atoms with Crippen molar-refractivity contribution in [1.82, 2.24) is 4.90 Å². The number of aliphatic hydroxyl groups is 1. The maximum Gasteiger partial charge on any atom is 0.224 e. The Labute approximate surface area is 95.9 Å². The average Bonchev–Trinajstić information content (AvgIpc) is 2.72. The summed E-state index contributed by atoms with van der Waals surface area (Å²) in [4.78, 5) is 13.6. The van der Waals surface area contributed by atoms with Gasteiger partial charge < -0.3 is 10.0 Å². The van der Waals surface area contributed by atoms with Crippen LogP contribution in [0.3, 0.4) is 0 Å². The van der Waals surface area contributed by atoms with Crippen LogP contribution >= 0.6 is 0 Å². The molecule has 1 unspecified atom stereocenters. The Hall–Kier alpha value is -1.08. The molecule has 1 heterocycles. The normalized spacial score (nSPS) is 29.1. The maximum absolute atomic E-state index is 11.9.